The zero-order chi connectivity index (χ0) is 11.3. The summed E-state index contributed by atoms with van der Waals surface area (Å²) in [6, 6.07) is 4.11. The molecule has 0 atom stereocenters. The van der Waals surface area contributed by atoms with Crippen LogP contribution in [0.4, 0.5) is 0 Å². The summed E-state index contributed by atoms with van der Waals surface area (Å²) in [5.41, 5.74) is 0. The molecule has 0 unspecified atom stereocenters. The van der Waals surface area contributed by atoms with Gasteiger partial charge in [0.25, 0.3) is 0 Å². The lowest BCUT2D eigenvalue weighted by molar-refractivity contribution is 0.444. The summed E-state index contributed by atoms with van der Waals surface area (Å²) in [7, 11) is 0. The van der Waals surface area contributed by atoms with Crippen LogP contribution in [0.2, 0.25) is 0 Å². The lowest BCUT2D eigenvalue weighted by Gasteiger charge is -2.21. The minimum Gasteiger partial charge on any atom is -0.465 e. The van der Waals surface area contributed by atoms with Crippen LogP contribution in [0.25, 0.3) is 0 Å². The van der Waals surface area contributed by atoms with Gasteiger partial charge in [0.15, 0.2) is 0 Å². The van der Waals surface area contributed by atoms with Crippen LogP contribution in [0.15, 0.2) is 16.5 Å². The molecule has 0 amide bonds. The average Bonchev–Trinajstić information content (AvgIpc) is 2.66. The van der Waals surface area contributed by atoms with Crippen molar-refractivity contribution in [3.8, 4) is 0 Å². The Morgan fingerprint density at radius 3 is 2.53 bits per heavy atom. The fourth-order valence-electron chi connectivity index (χ4n) is 1.27. The lowest BCUT2D eigenvalue weighted by Crippen LogP contribution is -2.31. The minimum atomic E-state index is 0.292. The summed E-state index contributed by atoms with van der Waals surface area (Å²) in [6.45, 7) is 8.40. The van der Waals surface area contributed by atoms with Gasteiger partial charge in [-0.1, -0.05) is 6.92 Å². The Balaban J connectivity index is 2.31. The molecule has 0 saturated heterocycles. The first kappa shape index (κ1) is 12.7. The molecule has 0 saturated carbocycles. The van der Waals surface area contributed by atoms with Crippen LogP contribution < -0.4 is 5.32 Å². The topological polar surface area (TPSA) is 25.2 Å². The van der Waals surface area contributed by atoms with Gasteiger partial charge in [-0.3, -0.25) is 0 Å². The highest BCUT2D eigenvalue weighted by molar-refractivity contribution is 7.99. The standard InChI is InChI=1S/C12H21NOS/c1-5-10-6-7-11(14-10)8-13-9-12(2,3)15-4/h6-7,13H,5,8-9H2,1-4H3. The molecule has 0 aliphatic rings. The first-order chi connectivity index (χ1) is 7.07. The molecule has 1 rings (SSSR count). The van der Waals surface area contributed by atoms with Crippen molar-refractivity contribution in [3.05, 3.63) is 23.7 Å². The number of aryl methyl sites for hydroxylation is 1. The Morgan fingerprint density at radius 2 is 2.00 bits per heavy atom. The average molecular weight is 227 g/mol. The summed E-state index contributed by atoms with van der Waals surface area (Å²) >= 11 is 1.88. The van der Waals surface area contributed by atoms with Crippen molar-refractivity contribution < 1.29 is 4.42 Å². The molecular formula is C12H21NOS. The minimum absolute atomic E-state index is 0.292. The van der Waals surface area contributed by atoms with Crippen molar-refractivity contribution in [2.75, 3.05) is 12.8 Å². The molecule has 0 fully saturated rings. The van der Waals surface area contributed by atoms with Gasteiger partial charge in [-0.15, -0.1) is 0 Å². The summed E-state index contributed by atoms with van der Waals surface area (Å²) in [5, 5.41) is 3.42. The van der Waals surface area contributed by atoms with E-state index in [9.17, 15) is 0 Å². The van der Waals surface area contributed by atoms with Gasteiger partial charge in [-0.2, -0.15) is 11.8 Å². The second-order valence-electron chi connectivity index (χ2n) is 4.29. The van der Waals surface area contributed by atoms with Crippen LogP contribution in [0, 0.1) is 0 Å². The van der Waals surface area contributed by atoms with Crippen molar-refractivity contribution in [2.24, 2.45) is 0 Å². The third kappa shape index (κ3) is 4.31. The SMILES string of the molecule is CCc1ccc(CNCC(C)(C)SC)o1. The summed E-state index contributed by atoms with van der Waals surface area (Å²) < 4.78 is 5.90. The van der Waals surface area contributed by atoms with Crippen LogP contribution in [0.3, 0.4) is 0 Å². The molecule has 1 N–H and O–H groups in total. The fourth-order valence-corrected chi connectivity index (χ4v) is 1.51. The van der Waals surface area contributed by atoms with E-state index < -0.39 is 0 Å². The molecule has 0 spiro atoms. The largest absolute Gasteiger partial charge is 0.465 e. The Hall–Kier alpha value is -0.410. The third-order valence-electron chi connectivity index (χ3n) is 2.47. The quantitative estimate of drug-likeness (QED) is 0.808. The number of furan rings is 1. The second-order valence-corrected chi connectivity index (χ2v) is 5.80. The van der Waals surface area contributed by atoms with Gasteiger partial charge < -0.3 is 9.73 Å². The van der Waals surface area contributed by atoms with E-state index in [1.807, 2.05) is 11.8 Å². The van der Waals surface area contributed by atoms with E-state index in [-0.39, 0.29) is 0 Å². The van der Waals surface area contributed by atoms with Crippen molar-refractivity contribution >= 4 is 11.8 Å². The Bertz CT molecular complexity index is 294. The number of rotatable bonds is 6. The maximum absolute atomic E-state index is 5.61. The van der Waals surface area contributed by atoms with Crippen molar-refractivity contribution in [3.63, 3.8) is 0 Å². The van der Waals surface area contributed by atoms with Crippen LogP contribution in [0.1, 0.15) is 32.3 Å². The number of hydrogen-bond donors (Lipinski definition) is 1. The van der Waals surface area contributed by atoms with Gasteiger partial charge in [0.2, 0.25) is 0 Å². The van der Waals surface area contributed by atoms with E-state index in [1.165, 1.54) is 0 Å². The fraction of sp³-hybridized carbons (Fsp3) is 0.667. The van der Waals surface area contributed by atoms with Crippen LogP contribution in [-0.2, 0) is 13.0 Å². The second kappa shape index (κ2) is 5.61. The van der Waals surface area contributed by atoms with E-state index in [2.05, 4.69) is 44.5 Å². The normalized spacial score (nSPS) is 12.0. The van der Waals surface area contributed by atoms with Gasteiger partial charge >= 0.3 is 0 Å². The van der Waals surface area contributed by atoms with Gasteiger partial charge in [0.1, 0.15) is 11.5 Å². The van der Waals surface area contributed by atoms with Crippen LogP contribution >= 0.6 is 11.8 Å². The summed E-state index contributed by atoms with van der Waals surface area (Å²) in [4.78, 5) is 0. The third-order valence-corrected chi connectivity index (χ3v) is 3.72. The zero-order valence-electron chi connectivity index (χ0n) is 10.1. The molecule has 0 aromatic carbocycles. The van der Waals surface area contributed by atoms with E-state index >= 15 is 0 Å². The molecule has 15 heavy (non-hydrogen) atoms. The molecule has 0 aliphatic heterocycles. The monoisotopic (exact) mass is 227 g/mol. The highest BCUT2D eigenvalue weighted by Crippen LogP contribution is 2.19. The maximum Gasteiger partial charge on any atom is 0.117 e. The summed E-state index contributed by atoms with van der Waals surface area (Å²) in [5.74, 6) is 2.10. The maximum atomic E-state index is 5.61. The molecule has 1 aromatic heterocycles. The van der Waals surface area contributed by atoms with E-state index in [4.69, 9.17) is 4.42 Å². The predicted molar refractivity (Wildman–Crippen MR) is 67.4 cm³/mol. The first-order valence-corrected chi connectivity index (χ1v) is 6.63. The van der Waals surface area contributed by atoms with Crippen molar-refractivity contribution in [1.29, 1.82) is 0 Å². The highest BCUT2D eigenvalue weighted by atomic mass is 32.2. The van der Waals surface area contributed by atoms with Gasteiger partial charge in [-0.05, 0) is 32.2 Å². The van der Waals surface area contributed by atoms with Gasteiger partial charge in [0, 0.05) is 17.7 Å². The predicted octanol–water partition coefficient (Wildman–Crippen LogP) is 3.07. The molecule has 3 heteroatoms. The van der Waals surface area contributed by atoms with Crippen molar-refractivity contribution in [2.45, 2.75) is 38.5 Å². The van der Waals surface area contributed by atoms with E-state index in [0.717, 1.165) is 31.0 Å². The smallest absolute Gasteiger partial charge is 0.117 e. The molecule has 0 aliphatic carbocycles. The van der Waals surface area contributed by atoms with E-state index in [1.54, 1.807) is 0 Å². The molecule has 86 valence electrons. The van der Waals surface area contributed by atoms with Crippen LogP contribution in [-0.4, -0.2) is 17.5 Å². The summed E-state index contributed by atoms with van der Waals surface area (Å²) in [6.07, 6.45) is 3.11. The lowest BCUT2D eigenvalue weighted by atomic mass is 10.2. The number of thioether (sulfide) groups is 1. The van der Waals surface area contributed by atoms with Gasteiger partial charge in [0.05, 0.1) is 6.54 Å². The molecular weight excluding hydrogens is 206 g/mol. The van der Waals surface area contributed by atoms with Crippen molar-refractivity contribution in [1.82, 2.24) is 5.32 Å². The Kier molecular flexibility index (Phi) is 4.74. The molecule has 1 aromatic rings. The number of nitrogens with one attached hydrogen (secondary N) is 1. The van der Waals surface area contributed by atoms with Gasteiger partial charge in [-0.25, -0.2) is 0 Å². The Morgan fingerprint density at radius 1 is 1.33 bits per heavy atom. The molecule has 2 nitrogen and oxygen atoms in total. The first-order valence-electron chi connectivity index (χ1n) is 5.41. The zero-order valence-corrected chi connectivity index (χ0v) is 10.9. The molecule has 0 radical (unpaired) electrons. The van der Waals surface area contributed by atoms with E-state index in [0.29, 0.717) is 4.75 Å². The Labute approximate surface area is 96.8 Å². The molecule has 1 heterocycles. The highest BCUT2D eigenvalue weighted by Gasteiger charge is 2.14. The molecule has 0 bridgehead atoms. The number of hydrogen-bond acceptors (Lipinski definition) is 3. The van der Waals surface area contributed by atoms with Crippen LogP contribution in [0.5, 0.6) is 0 Å².